The van der Waals surface area contributed by atoms with E-state index in [9.17, 15) is 0 Å². The van der Waals surface area contributed by atoms with Crippen LogP contribution in [0.1, 0.15) is 18.3 Å². The van der Waals surface area contributed by atoms with Crippen LogP contribution in [0.3, 0.4) is 0 Å². The van der Waals surface area contributed by atoms with E-state index in [1.54, 1.807) is 0 Å². The molecule has 23 heavy (non-hydrogen) atoms. The van der Waals surface area contributed by atoms with Gasteiger partial charge in [0.25, 0.3) is 0 Å². The van der Waals surface area contributed by atoms with Crippen LogP contribution in [0.25, 0.3) is 11.3 Å². The van der Waals surface area contributed by atoms with E-state index in [1.165, 1.54) is 5.56 Å². The zero-order valence-electron chi connectivity index (χ0n) is 13.5. The standard InChI is InChI=1S/C11H12ClN3.C8H10/c1-15-9(7-13)14-10(11(15)12)8-5-3-2-4-6-8;1-2-8-6-4-3-5-7-8/h2-6H,7,13H2,1H3;3-7H,2H2,1H3. The summed E-state index contributed by atoms with van der Waals surface area (Å²) in [6.45, 7) is 2.55. The first-order chi connectivity index (χ1) is 11.2. The van der Waals surface area contributed by atoms with Crippen LogP contribution in [0.4, 0.5) is 0 Å². The molecule has 0 saturated heterocycles. The van der Waals surface area contributed by atoms with E-state index >= 15 is 0 Å². The van der Waals surface area contributed by atoms with Gasteiger partial charge in [-0.25, -0.2) is 4.98 Å². The van der Waals surface area contributed by atoms with Crippen LogP contribution >= 0.6 is 11.6 Å². The SMILES string of the molecule is CCc1ccccc1.Cn1c(CN)nc(-c2ccccc2)c1Cl. The van der Waals surface area contributed by atoms with Gasteiger partial charge >= 0.3 is 0 Å². The molecule has 3 nitrogen and oxygen atoms in total. The molecule has 3 rings (SSSR count). The van der Waals surface area contributed by atoms with Crippen molar-refractivity contribution in [3.8, 4) is 11.3 Å². The molecule has 2 aromatic carbocycles. The molecule has 0 aliphatic carbocycles. The number of nitrogens with two attached hydrogens (primary N) is 1. The summed E-state index contributed by atoms with van der Waals surface area (Å²) in [5, 5.41) is 0.627. The predicted octanol–water partition coefficient (Wildman–Crippen LogP) is 4.45. The number of rotatable bonds is 3. The van der Waals surface area contributed by atoms with Crippen molar-refractivity contribution in [2.24, 2.45) is 12.8 Å². The fourth-order valence-corrected chi connectivity index (χ4v) is 2.45. The van der Waals surface area contributed by atoms with Crippen LogP contribution in [0.5, 0.6) is 0 Å². The third kappa shape index (κ3) is 4.44. The van der Waals surface area contributed by atoms with E-state index in [-0.39, 0.29) is 0 Å². The molecule has 1 heterocycles. The molecule has 0 amide bonds. The number of hydrogen-bond acceptors (Lipinski definition) is 2. The third-order valence-corrected chi connectivity index (χ3v) is 4.03. The highest BCUT2D eigenvalue weighted by Gasteiger charge is 2.12. The van der Waals surface area contributed by atoms with Gasteiger partial charge in [-0.2, -0.15) is 0 Å². The van der Waals surface area contributed by atoms with E-state index in [4.69, 9.17) is 17.3 Å². The summed E-state index contributed by atoms with van der Waals surface area (Å²) in [7, 11) is 1.87. The van der Waals surface area contributed by atoms with E-state index < -0.39 is 0 Å². The summed E-state index contributed by atoms with van der Waals surface area (Å²) in [6, 6.07) is 20.3. The van der Waals surface area contributed by atoms with Gasteiger partial charge in [0, 0.05) is 12.6 Å². The average Bonchev–Trinajstić information content (AvgIpc) is 2.92. The lowest BCUT2D eigenvalue weighted by Gasteiger charge is -1.98. The maximum atomic E-state index is 6.17. The van der Waals surface area contributed by atoms with Crippen LogP contribution < -0.4 is 5.73 Å². The fraction of sp³-hybridized carbons (Fsp3) is 0.211. The number of aromatic nitrogens is 2. The van der Waals surface area contributed by atoms with Gasteiger partial charge in [-0.1, -0.05) is 79.2 Å². The lowest BCUT2D eigenvalue weighted by molar-refractivity contribution is 0.794. The Morgan fingerprint density at radius 3 is 2.00 bits per heavy atom. The van der Waals surface area contributed by atoms with Gasteiger partial charge in [0.2, 0.25) is 0 Å². The second-order valence-electron chi connectivity index (χ2n) is 5.14. The smallest absolute Gasteiger partial charge is 0.136 e. The molecule has 0 radical (unpaired) electrons. The highest BCUT2D eigenvalue weighted by atomic mass is 35.5. The number of benzene rings is 2. The summed E-state index contributed by atoms with van der Waals surface area (Å²) >= 11 is 6.17. The number of imidazole rings is 1. The van der Waals surface area contributed by atoms with E-state index in [0.29, 0.717) is 11.7 Å². The van der Waals surface area contributed by atoms with E-state index in [0.717, 1.165) is 23.5 Å². The largest absolute Gasteiger partial charge is 0.324 e. The molecule has 0 aliphatic heterocycles. The van der Waals surface area contributed by atoms with Crippen molar-refractivity contribution in [3.63, 3.8) is 0 Å². The maximum Gasteiger partial charge on any atom is 0.136 e. The number of nitrogens with zero attached hydrogens (tertiary/aromatic N) is 2. The van der Waals surface area contributed by atoms with Crippen LogP contribution in [0.15, 0.2) is 60.7 Å². The minimum Gasteiger partial charge on any atom is -0.324 e. The topological polar surface area (TPSA) is 43.8 Å². The van der Waals surface area contributed by atoms with Crippen molar-refractivity contribution in [1.82, 2.24) is 9.55 Å². The Labute approximate surface area is 142 Å². The van der Waals surface area contributed by atoms with Gasteiger partial charge < -0.3 is 10.3 Å². The molecule has 0 unspecified atom stereocenters. The Morgan fingerprint density at radius 1 is 1.00 bits per heavy atom. The maximum absolute atomic E-state index is 6.17. The van der Waals surface area contributed by atoms with Crippen molar-refractivity contribution >= 4 is 11.6 Å². The van der Waals surface area contributed by atoms with Crippen molar-refractivity contribution in [3.05, 3.63) is 77.2 Å². The third-order valence-electron chi connectivity index (χ3n) is 3.60. The van der Waals surface area contributed by atoms with Crippen molar-refractivity contribution in [1.29, 1.82) is 0 Å². The second kappa shape index (κ2) is 8.51. The van der Waals surface area contributed by atoms with E-state index in [2.05, 4.69) is 36.2 Å². The Bertz CT molecular complexity index is 721. The van der Waals surface area contributed by atoms with Gasteiger partial charge in [-0.05, 0) is 12.0 Å². The van der Waals surface area contributed by atoms with Crippen molar-refractivity contribution in [2.75, 3.05) is 0 Å². The molecule has 0 spiro atoms. The molecule has 1 aromatic heterocycles. The number of halogens is 1. The molecule has 0 fully saturated rings. The van der Waals surface area contributed by atoms with Gasteiger partial charge in [-0.3, -0.25) is 0 Å². The van der Waals surface area contributed by atoms with Gasteiger partial charge in [-0.15, -0.1) is 0 Å². The Kier molecular flexibility index (Phi) is 6.39. The highest BCUT2D eigenvalue weighted by molar-refractivity contribution is 6.32. The Balaban J connectivity index is 0.000000203. The molecule has 0 aliphatic rings. The minimum absolute atomic E-state index is 0.392. The molecular formula is C19H22ClN3. The van der Waals surface area contributed by atoms with Crippen molar-refractivity contribution in [2.45, 2.75) is 19.9 Å². The van der Waals surface area contributed by atoms with Gasteiger partial charge in [0.1, 0.15) is 16.7 Å². The van der Waals surface area contributed by atoms with Crippen LogP contribution in [0.2, 0.25) is 5.15 Å². The zero-order valence-corrected chi connectivity index (χ0v) is 14.3. The monoisotopic (exact) mass is 327 g/mol. The first kappa shape index (κ1) is 17.3. The Hall–Kier alpha value is -2.10. The van der Waals surface area contributed by atoms with Crippen LogP contribution in [-0.2, 0) is 20.0 Å². The highest BCUT2D eigenvalue weighted by Crippen LogP contribution is 2.27. The molecule has 4 heteroatoms. The first-order valence-corrected chi connectivity index (χ1v) is 8.05. The summed E-state index contributed by atoms with van der Waals surface area (Å²) in [4.78, 5) is 4.40. The van der Waals surface area contributed by atoms with Gasteiger partial charge in [0.05, 0.1) is 6.54 Å². The lowest BCUT2D eigenvalue weighted by Crippen LogP contribution is -2.04. The fourth-order valence-electron chi connectivity index (χ4n) is 2.20. The normalized spacial score (nSPS) is 10.1. The summed E-state index contributed by atoms with van der Waals surface area (Å²) < 4.78 is 1.81. The summed E-state index contributed by atoms with van der Waals surface area (Å²) in [5.41, 5.74) is 8.78. The van der Waals surface area contributed by atoms with Crippen LogP contribution in [-0.4, -0.2) is 9.55 Å². The van der Waals surface area contributed by atoms with E-state index in [1.807, 2.05) is 48.0 Å². The Morgan fingerprint density at radius 2 is 1.57 bits per heavy atom. The summed E-state index contributed by atoms with van der Waals surface area (Å²) in [6.07, 6.45) is 1.14. The van der Waals surface area contributed by atoms with Crippen LogP contribution in [0, 0.1) is 0 Å². The summed E-state index contributed by atoms with van der Waals surface area (Å²) in [5.74, 6) is 0.791. The molecule has 0 saturated carbocycles. The number of aryl methyl sites for hydroxylation is 1. The minimum atomic E-state index is 0.392. The molecule has 3 aromatic rings. The molecule has 2 N–H and O–H groups in total. The lowest BCUT2D eigenvalue weighted by atomic mass is 10.2. The zero-order chi connectivity index (χ0) is 16.7. The molecular weight excluding hydrogens is 306 g/mol. The molecule has 0 atom stereocenters. The molecule has 0 bridgehead atoms. The predicted molar refractivity (Wildman–Crippen MR) is 97.4 cm³/mol. The average molecular weight is 328 g/mol. The first-order valence-electron chi connectivity index (χ1n) is 7.67. The van der Waals surface area contributed by atoms with Crippen molar-refractivity contribution < 1.29 is 0 Å². The molecule has 120 valence electrons. The number of hydrogen-bond donors (Lipinski definition) is 1. The second-order valence-corrected chi connectivity index (χ2v) is 5.49. The quantitative estimate of drug-likeness (QED) is 0.772. The van der Waals surface area contributed by atoms with Gasteiger partial charge in [0.15, 0.2) is 0 Å².